The van der Waals surface area contributed by atoms with Crippen molar-refractivity contribution >= 4 is 34.5 Å². The normalized spacial score (nSPS) is 28.9. The van der Waals surface area contributed by atoms with E-state index in [9.17, 15) is 29.8 Å². The van der Waals surface area contributed by atoms with Gasteiger partial charge < -0.3 is 4.74 Å². The summed E-state index contributed by atoms with van der Waals surface area (Å²) in [5.41, 5.74) is 1.14. The van der Waals surface area contributed by atoms with Crippen molar-refractivity contribution in [2.24, 2.45) is 26.8 Å². The monoisotopic (exact) mass is 512 g/mol. The Balaban J connectivity index is 1.82. The number of nitro groups is 2. The molecule has 198 valence electrons. The molecule has 2 bridgehead atoms. The van der Waals surface area contributed by atoms with Crippen LogP contribution in [0.5, 0.6) is 0 Å². The Morgan fingerprint density at radius 1 is 0.973 bits per heavy atom. The molecule has 0 unspecified atom stereocenters. The molecule has 1 saturated carbocycles. The topological polar surface area (TPSA) is 154 Å². The number of hydrazone groups is 1. The van der Waals surface area contributed by atoms with E-state index in [0.29, 0.717) is 31.3 Å². The maximum atomic E-state index is 14.1. The number of ether oxygens (including phenoxy) is 1. The van der Waals surface area contributed by atoms with Gasteiger partial charge in [-0.25, -0.2) is 0 Å². The van der Waals surface area contributed by atoms with Crippen LogP contribution in [0.15, 0.2) is 34.4 Å². The minimum absolute atomic E-state index is 0.00877. The first kappa shape index (κ1) is 26.4. The van der Waals surface area contributed by atoms with Crippen LogP contribution in [-0.2, 0) is 14.3 Å². The van der Waals surface area contributed by atoms with Gasteiger partial charge in [-0.15, -0.1) is 0 Å². The van der Waals surface area contributed by atoms with E-state index in [2.05, 4.69) is 31.3 Å². The first-order chi connectivity index (χ1) is 17.0. The minimum Gasteiger partial charge on any atom is -0.468 e. The predicted molar refractivity (Wildman–Crippen MR) is 136 cm³/mol. The maximum absolute atomic E-state index is 14.1. The van der Waals surface area contributed by atoms with Crippen LogP contribution in [0.25, 0.3) is 0 Å². The van der Waals surface area contributed by atoms with Crippen molar-refractivity contribution in [2.45, 2.75) is 66.7 Å². The summed E-state index contributed by atoms with van der Waals surface area (Å²) in [6.45, 7) is 10.2. The lowest BCUT2D eigenvalue weighted by Gasteiger charge is -2.57. The summed E-state index contributed by atoms with van der Waals surface area (Å²) < 4.78 is 5.28. The zero-order chi connectivity index (χ0) is 27.6. The number of methoxy groups -OCH3 is 1. The highest BCUT2D eigenvalue weighted by molar-refractivity contribution is 6.49. The number of nitrogens with zero attached hydrogens (tertiary/aromatic N) is 3. The third kappa shape index (κ3) is 4.51. The molecule has 11 nitrogen and oxygen atoms in total. The lowest BCUT2D eigenvalue weighted by Crippen LogP contribution is -2.56. The molecule has 2 atom stereocenters. The Kier molecular flexibility index (Phi) is 6.04. The lowest BCUT2D eigenvalue weighted by molar-refractivity contribution is -0.394. The maximum Gasteiger partial charge on any atom is 0.316 e. The Morgan fingerprint density at radius 3 is 2.11 bits per heavy atom. The number of rotatable bonds is 5. The van der Waals surface area contributed by atoms with Crippen LogP contribution in [-0.4, -0.2) is 34.4 Å². The molecular formula is C26H32N4O7. The molecule has 37 heavy (non-hydrogen) atoms. The molecule has 0 aliphatic heterocycles. The Hall–Kier alpha value is -3.63. The van der Waals surface area contributed by atoms with Gasteiger partial charge in [0.05, 0.1) is 34.1 Å². The van der Waals surface area contributed by atoms with E-state index in [1.807, 2.05) is 13.8 Å². The predicted octanol–water partition coefficient (Wildman–Crippen LogP) is 5.35. The number of non-ortho nitro benzene ring substituents is 2. The third-order valence-electron chi connectivity index (χ3n) is 7.82. The molecule has 0 aromatic heterocycles. The molecule has 1 aromatic rings. The highest BCUT2D eigenvalue weighted by Crippen LogP contribution is 2.65. The molecule has 3 aliphatic rings. The number of allylic oxidation sites excluding steroid dienone is 1. The van der Waals surface area contributed by atoms with Crippen molar-refractivity contribution in [1.29, 1.82) is 0 Å². The summed E-state index contributed by atoms with van der Waals surface area (Å²) in [5, 5.41) is 26.9. The second-order valence-corrected chi connectivity index (χ2v) is 12.4. The molecule has 1 aromatic carbocycles. The number of carbonyl (C=O) groups excluding carboxylic acids is 2. The fraction of sp³-hybridized carbons (Fsp3) is 0.577. The minimum atomic E-state index is -1.09. The summed E-state index contributed by atoms with van der Waals surface area (Å²) in [4.78, 5) is 48.6. The lowest BCUT2D eigenvalue weighted by atomic mass is 9.45. The molecule has 1 N–H and O–H groups in total. The van der Waals surface area contributed by atoms with E-state index in [4.69, 9.17) is 4.74 Å². The smallest absolute Gasteiger partial charge is 0.316 e. The Labute approximate surface area is 214 Å². The van der Waals surface area contributed by atoms with Gasteiger partial charge in [0.25, 0.3) is 11.4 Å². The number of ketones is 1. The van der Waals surface area contributed by atoms with Gasteiger partial charge in [0.15, 0.2) is 0 Å². The zero-order valence-electron chi connectivity index (χ0n) is 22.0. The van der Waals surface area contributed by atoms with Crippen LogP contribution in [0.2, 0.25) is 0 Å². The van der Waals surface area contributed by atoms with Crippen molar-refractivity contribution in [3.63, 3.8) is 0 Å². The van der Waals surface area contributed by atoms with Crippen molar-refractivity contribution in [3.05, 3.63) is 49.6 Å². The first-order valence-electron chi connectivity index (χ1n) is 12.2. The Bertz CT molecular complexity index is 1260. The second-order valence-electron chi connectivity index (χ2n) is 12.4. The number of hydrogen-bond donors (Lipinski definition) is 1. The van der Waals surface area contributed by atoms with Gasteiger partial charge in [-0.05, 0) is 42.9 Å². The number of Topliss-reactive ketones (excluding diaryl/α,β-unsaturated/α-hetero) is 1. The van der Waals surface area contributed by atoms with Crippen LogP contribution >= 0.6 is 0 Å². The van der Waals surface area contributed by atoms with Crippen LogP contribution in [0, 0.1) is 41.9 Å². The number of nitrogens with one attached hydrogen (secondary N) is 1. The fourth-order valence-electron chi connectivity index (χ4n) is 7.34. The zero-order valence-corrected chi connectivity index (χ0v) is 22.0. The third-order valence-corrected chi connectivity index (χ3v) is 7.82. The van der Waals surface area contributed by atoms with E-state index in [-0.39, 0.29) is 28.0 Å². The molecule has 3 aliphatic carbocycles. The molecular weight excluding hydrogens is 480 g/mol. The van der Waals surface area contributed by atoms with Crippen molar-refractivity contribution in [1.82, 2.24) is 0 Å². The van der Waals surface area contributed by atoms with Gasteiger partial charge in [-0.2, -0.15) is 5.10 Å². The number of carbonyl (C=O) groups is 2. The van der Waals surface area contributed by atoms with Crippen LogP contribution in [0.3, 0.4) is 0 Å². The number of anilines is 1. The highest BCUT2D eigenvalue weighted by atomic mass is 16.6. The number of fused-ring (bicyclic) bond motifs is 3. The summed E-state index contributed by atoms with van der Waals surface area (Å²) in [6, 6.07) is 3.09. The van der Waals surface area contributed by atoms with E-state index >= 15 is 0 Å². The van der Waals surface area contributed by atoms with Crippen LogP contribution in [0.1, 0.15) is 66.7 Å². The highest BCUT2D eigenvalue weighted by Gasteiger charge is 2.62. The number of benzene rings is 1. The quantitative estimate of drug-likeness (QED) is 0.315. The fourth-order valence-corrected chi connectivity index (χ4v) is 7.34. The standard InChI is InChI=1S/C26H32N4O7/c1-23(2)12-25(5)11-15-10-24(3,4)21(20(31)19(15)26(13-23,14-25)22(32)37-6)28-27-16-7-17(29(33)34)9-18(8-16)30(35)36/h7-9,27H,10-14H2,1-6H3/t25-,26-/m0/s1. The van der Waals surface area contributed by atoms with Gasteiger partial charge in [-0.1, -0.05) is 40.2 Å². The van der Waals surface area contributed by atoms with Gasteiger partial charge in [0.1, 0.15) is 5.71 Å². The largest absolute Gasteiger partial charge is 0.468 e. The Morgan fingerprint density at radius 2 is 1.57 bits per heavy atom. The SMILES string of the molecule is COC(=O)[C@]12CC(C)(C)C[C@](C)(CC3=C1C(=O)C(=NNc1cc([N+](=O)[O-])cc([N+](=O)[O-])c1)C(C)(C)C3)C2. The van der Waals surface area contributed by atoms with Gasteiger partial charge in [0, 0.05) is 23.1 Å². The molecule has 0 saturated heterocycles. The summed E-state index contributed by atoms with van der Waals surface area (Å²) in [7, 11) is 1.34. The molecule has 11 heteroatoms. The molecule has 0 spiro atoms. The molecule has 0 radical (unpaired) electrons. The van der Waals surface area contributed by atoms with Crippen molar-refractivity contribution in [3.8, 4) is 0 Å². The van der Waals surface area contributed by atoms with Crippen LogP contribution in [0.4, 0.5) is 17.1 Å². The number of nitro benzene ring substituents is 2. The summed E-state index contributed by atoms with van der Waals surface area (Å²) >= 11 is 0. The number of esters is 1. The van der Waals surface area contributed by atoms with Gasteiger partial charge in [0.2, 0.25) is 5.78 Å². The average Bonchev–Trinajstić information content (AvgIpc) is 2.75. The van der Waals surface area contributed by atoms with E-state index in [1.54, 1.807) is 0 Å². The van der Waals surface area contributed by atoms with Crippen molar-refractivity contribution in [2.75, 3.05) is 12.5 Å². The molecule has 0 heterocycles. The number of hydrogen-bond acceptors (Lipinski definition) is 9. The van der Waals surface area contributed by atoms with E-state index in [1.165, 1.54) is 7.11 Å². The summed E-state index contributed by atoms with van der Waals surface area (Å²) in [5.74, 6) is -0.780. The second kappa shape index (κ2) is 8.46. The van der Waals surface area contributed by atoms with Crippen molar-refractivity contribution < 1.29 is 24.2 Å². The van der Waals surface area contributed by atoms with E-state index < -0.39 is 38.0 Å². The van der Waals surface area contributed by atoms with Gasteiger partial charge >= 0.3 is 5.97 Å². The summed E-state index contributed by atoms with van der Waals surface area (Å²) in [6.07, 6.45) is 3.14. The average molecular weight is 513 g/mol. The first-order valence-corrected chi connectivity index (χ1v) is 12.2. The molecule has 1 fully saturated rings. The van der Waals surface area contributed by atoms with Crippen LogP contribution < -0.4 is 5.43 Å². The van der Waals surface area contributed by atoms with Gasteiger partial charge in [-0.3, -0.25) is 35.2 Å². The molecule has 4 rings (SSSR count). The molecule has 0 amide bonds. The van der Waals surface area contributed by atoms with E-state index in [0.717, 1.165) is 30.2 Å².